The molecule has 1 atom stereocenters. The molecule has 430 valence electrons. The Balaban J connectivity index is 3.92. The van der Waals surface area contributed by atoms with Gasteiger partial charge in [0, 0.05) is 13.2 Å². The van der Waals surface area contributed by atoms with E-state index in [0.717, 1.165) is 26.1 Å². The molecule has 1 unspecified atom stereocenters. The van der Waals surface area contributed by atoms with Crippen LogP contribution in [0.25, 0.3) is 0 Å². The summed E-state index contributed by atoms with van der Waals surface area (Å²) in [5, 5.41) is 8.64. The molecule has 0 spiro atoms. The van der Waals surface area contributed by atoms with E-state index in [1.54, 1.807) is 0 Å². The molecular weight excluding hydrogens is 917 g/mol. The van der Waals surface area contributed by atoms with Gasteiger partial charge in [0.1, 0.15) is 6.10 Å². The fourth-order valence-corrected chi connectivity index (χ4v) is 7.67. The summed E-state index contributed by atoms with van der Waals surface area (Å²) in [4.78, 5) is 0. The predicted octanol–water partition coefficient (Wildman–Crippen LogP) is 12.6. The summed E-state index contributed by atoms with van der Waals surface area (Å²) in [7, 11) is 0. The summed E-state index contributed by atoms with van der Waals surface area (Å²) in [5.74, 6) is 0. The van der Waals surface area contributed by atoms with E-state index in [4.69, 9.17) is 61.9 Å². The van der Waals surface area contributed by atoms with E-state index in [1.807, 2.05) is 0 Å². The number of hydrogen-bond acceptors (Lipinski definition) is 13. The van der Waals surface area contributed by atoms with Crippen molar-refractivity contribution in [3.63, 3.8) is 0 Å². The molecule has 0 saturated carbocycles. The number of ether oxygens (including phenoxy) is 12. The third-order valence-electron chi connectivity index (χ3n) is 12.0. The zero-order valence-corrected chi connectivity index (χ0v) is 47.0. The fraction of sp³-hybridized carbons (Fsp3) is 0.932. The third kappa shape index (κ3) is 65.1. The van der Waals surface area contributed by atoms with Gasteiger partial charge in [-0.3, -0.25) is 0 Å². The first-order chi connectivity index (χ1) is 35.8. The lowest BCUT2D eigenvalue weighted by molar-refractivity contribution is -0.0702. The van der Waals surface area contributed by atoms with Crippen LogP contribution in [0.3, 0.4) is 0 Å². The molecule has 0 rings (SSSR count). The van der Waals surface area contributed by atoms with Crippen molar-refractivity contribution < 1.29 is 61.9 Å². The largest absolute Gasteiger partial charge is 0.394 e. The second-order valence-corrected chi connectivity index (χ2v) is 18.8. The summed E-state index contributed by atoms with van der Waals surface area (Å²) >= 11 is 0. The topological polar surface area (TPSA) is 131 Å². The average Bonchev–Trinajstić information content (AvgIpc) is 3.39. The Morgan fingerprint density at radius 2 is 0.486 bits per heavy atom. The first-order valence-electron chi connectivity index (χ1n) is 29.7. The molecule has 0 aliphatic carbocycles. The van der Waals surface area contributed by atoms with Crippen molar-refractivity contribution in [3.05, 3.63) is 24.3 Å². The number of unbranched alkanes of at least 4 members (excludes halogenated alkanes) is 24. The molecule has 1 N–H and O–H groups in total. The van der Waals surface area contributed by atoms with Crippen molar-refractivity contribution in [1.82, 2.24) is 0 Å². The van der Waals surface area contributed by atoms with Gasteiger partial charge in [-0.15, -0.1) is 0 Å². The van der Waals surface area contributed by atoms with Crippen LogP contribution in [0.1, 0.15) is 194 Å². The Morgan fingerprint density at radius 1 is 0.250 bits per heavy atom. The lowest BCUT2D eigenvalue weighted by Crippen LogP contribution is -2.27. The predicted molar refractivity (Wildman–Crippen MR) is 295 cm³/mol. The Morgan fingerprint density at radius 3 is 0.792 bits per heavy atom. The Hall–Kier alpha value is -1.04. The SMILES string of the molecule is CCCCCCCC/C=C\CCCCCCCCOCC(COCCOCCOCCOCCOCCOCCOCCOCCOCCOCCO)OCCCCCCCC/C=C\CCCCCCCC. The van der Waals surface area contributed by atoms with Gasteiger partial charge in [0.05, 0.1) is 145 Å². The Kier molecular flexibility index (Phi) is 67.0. The lowest BCUT2D eigenvalue weighted by Gasteiger charge is -2.18. The molecule has 0 aliphatic rings. The van der Waals surface area contributed by atoms with Gasteiger partial charge in [-0.25, -0.2) is 0 Å². The quantitative estimate of drug-likeness (QED) is 0.0458. The van der Waals surface area contributed by atoms with Crippen molar-refractivity contribution in [2.45, 2.75) is 200 Å². The molecule has 13 nitrogen and oxygen atoms in total. The van der Waals surface area contributed by atoms with E-state index in [0.29, 0.717) is 139 Å². The monoisotopic (exact) mass is 1030 g/mol. The van der Waals surface area contributed by atoms with Gasteiger partial charge >= 0.3 is 0 Å². The summed E-state index contributed by atoms with van der Waals surface area (Å²) < 4.78 is 67.9. The molecule has 0 aromatic heterocycles. The highest BCUT2D eigenvalue weighted by Crippen LogP contribution is 2.12. The van der Waals surface area contributed by atoms with Gasteiger partial charge < -0.3 is 61.9 Å². The molecule has 0 amide bonds. The summed E-state index contributed by atoms with van der Waals surface area (Å²) in [6.45, 7) is 16.7. The summed E-state index contributed by atoms with van der Waals surface area (Å²) in [5.41, 5.74) is 0. The molecule has 0 fully saturated rings. The van der Waals surface area contributed by atoms with Crippen LogP contribution in [0.15, 0.2) is 24.3 Å². The number of rotatable bonds is 66. The van der Waals surface area contributed by atoms with Crippen molar-refractivity contribution in [2.75, 3.05) is 159 Å². The Labute approximate surface area is 443 Å². The van der Waals surface area contributed by atoms with E-state index in [2.05, 4.69) is 38.2 Å². The standard InChI is InChI=1S/C59H116O13/c1-3-5-7-9-11-13-15-17-19-21-23-25-27-29-31-33-36-70-57-59(72-37-34-32-30-28-26-24-22-20-18-16-14-12-10-8-6-4-2)58-71-56-55-69-54-53-68-52-51-67-50-49-66-48-47-65-46-45-64-44-43-63-42-41-62-40-39-61-38-35-60/h17-20,59-60H,3-16,21-58H2,1-2H3/b19-17-,20-18-. The van der Waals surface area contributed by atoms with Crippen molar-refractivity contribution >= 4 is 0 Å². The molecule has 0 bridgehead atoms. The first-order valence-corrected chi connectivity index (χ1v) is 29.7. The van der Waals surface area contributed by atoms with E-state index in [-0.39, 0.29) is 12.7 Å². The van der Waals surface area contributed by atoms with Crippen molar-refractivity contribution in [3.8, 4) is 0 Å². The van der Waals surface area contributed by atoms with Crippen LogP contribution in [0, 0.1) is 0 Å². The first kappa shape index (κ1) is 71.0. The van der Waals surface area contributed by atoms with Crippen LogP contribution in [0.4, 0.5) is 0 Å². The summed E-state index contributed by atoms with van der Waals surface area (Å²) in [6.07, 6.45) is 46.2. The minimum atomic E-state index is -0.0554. The highest BCUT2D eigenvalue weighted by molar-refractivity contribution is 4.82. The van der Waals surface area contributed by atoms with Gasteiger partial charge in [0.2, 0.25) is 0 Å². The van der Waals surface area contributed by atoms with Crippen LogP contribution >= 0.6 is 0 Å². The number of aliphatic hydroxyl groups is 1. The molecule has 0 saturated heterocycles. The maximum Gasteiger partial charge on any atom is 0.104 e. The Bertz CT molecular complexity index is 1010. The zero-order chi connectivity index (χ0) is 51.7. The van der Waals surface area contributed by atoms with Gasteiger partial charge in [-0.1, -0.05) is 154 Å². The van der Waals surface area contributed by atoms with Gasteiger partial charge in [0.25, 0.3) is 0 Å². The molecule has 0 aromatic carbocycles. The maximum absolute atomic E-state index is 8.64. The molecule has 0 aromatic rings. The van der Waals surface area contributed by atoms with E-state index in [1.165, 1.54) is 167 Å². The van der Waals surface area contributed by atoms with Gasteiger partial charge in [0.15, 0.2) is 0 Å². The maximum atomic E-state index is 8.64. The minimum Gasteiger partial charge on any atom is -0.394 e. The van der Waals surface area contributed by atoms with E-state index >= 15 is 0 Å². The third-order valence-corrected chi connectivity index (χ3v) is 12.0. The van der Waals surface area contributed by atoms with Crippen LogP contribution in [-0.2, 0) is 56.8 Å². The van der Waals surface area contributed by atoms with E-state index < -0.39 is 0 Å². The smallest absolute Gasteiger partial charge is 0.104 e. The molecular formula is C59H116O13. The minimum absolute atomic E-state index is 0.0257. The zero-order valence-electron chi connectivity index (χ0n) is 47.0. The van der Waals surface area contributed by atoms with Crippen LogP contribution in [0.2, 0.25) is 0 Å². The van der Waals surface area contributed by atoms with Crippen LogP contribution in [-0.4, -0.2) is 170 Å². The fourth-order valence-electron chi connectivity index (χ4n) is 7.67. The molecule has 0 heterocycles. The lowest BCUT2D eigenvalue weighted by atomic mass is 10.1. The molecule has 0 aliphatic heterocycles. The molecule has 13 heteroatoms. The highest BCUT2D eigenvalue weighted by atomic mass is 16.6. The van der Waals surface area contributed by atoms with Crippen LogP contribution in [0.5, 0.6) is 0 Å². The van der Waals surface area contributed by atoms with Gasteiger partial charge in [-0.05, 0) is 64.2 Å². The molecule has 0 radical (unpaired) electrons. The second kappa shape index (κ2) is 68.0. The normalized spacial score (nSPS) is 12.4. The highest BCUT2D eigenvalue weighted by Gasteiger charge is 2.10. The van der Waals surface area contributed by atoms with Crippen LogP contribution < -0.4 is 0 Å². The number of aliphatic hydroxyl groups excluding tert-OH is 1. The summed E-state index contributed by atoms with van der Waals surface area (Å²) in [6, 6.07) is 0. The molecule has 72 heavy (non-hydrogen) atoms. The second-order valence-electron chi connectivity index (χ2n) is 18.8. The number of allylic oxidation sites excluding steroid dienone is 4. The average molecular weight is 1030 g/mol. The van der Waals surface area contributed by atoms with Crippen molar-refractivity contribution in [2.24, 2.45) is 0 Å². The number of hydrogen-bond donors (Lipinski definition) is 1. The van der Waals surface area contributed by atoms with Crippen molar-refractivity contribution in [1.29, 1.82) is 0 Å². The van der Waals surface area contributed by atoms with E-state index in [9.17, 15) is 0 Å². The van der Waals surface area contributed by atoms with Gasteiger partial charge in [-0.2, -0.15) is 0 Å².